The van der Waals surface area contributed by atoms with Gasteiger partial charge in [0.1, 0.15) is 0 Å². The number of alkyl halides is 2. The van der Waals surface area contributed by atoms with Crippen LogP contribution in [0.3, 0.4) is 0 Å². The van der Waals surface area contributed by atoms with Gasteiger partial charge in [0.2, 0.25) is 9.84 Å². The Morgan fingerprint density at radius 2 is 1.81 bits per heavy atom. The average molecular weight is 410 g/mol. The highest BCUT2D eigenvalue weighted by Crippen LogP contribution is 2.27. The lowest BCUT2D eigenvalue weighted by atomic mass is 10.2. The van der Waals surface area contributed by atoms with Crippen molar-refractivity contribution in [3.8, 4) is 0 Å². The van der Waals surface area contributed by atoms with Gasteiger partial charge in [-0.05, 0) is 42.8 Å². The summed E-state index contributed by atoms with van der Waals surface area (Å²) in [4.78, 5) is 18.3. The van der Waals surface area contributed by atoms with Crippen molar-refractivity contribution in [2.75, 3.05) is 12.3 Å². The van der Waals surface area contributed by atoms with E-state index in [9.17, 15) is 22.0 Å². The van der Waals surface area contributed by atoms with E-state index in [1.54, 1.807) is 0 Å². The van der Waals surface area contributed by atoms with Gasteiger partial charge < -0.3 is 0 Å². The highest BCUT2D eigenvalue weighted by molar-refractivity contribution is 8.14. The standard InChI is InChI=1S/C18H16F2N2O3S2/c1-12-4-2-3-5-15(12)21-18-22(10-11-26-18)16(23)13-6-8-14(9-7-13)27(24,25)17(19)20/h2-9,17H,10-11H2,1H3. The number of thioether (sulfide) groups is 1. The van der Waals surface area contributed by atoms with Crippen LogP contribution in [-0.2, 0) is 9.84 Å². The van der Waals surface area contributed by atoms with Crippen LogP contribution in [0, 0.1) is 6.92 Å². The molecule has 1 aliphatic rings. The highest BCUT2D eigenvalue weighted by Gasteiger charge is 2.29. The van der Waals surface area contributed by atoms with Gasteiger partial charge in [0.15, 0.2) is 5.17 Å². The van der Waals surface area contributed by atoms with Crippen molar-refractivity contribution >= 4 is 38.4 Å². The van der Waals surface area contributed by atoms with Crippen LogP contribution in [0.25, 0.3) is 0 Å². The van der Waals surface area contributed by atoms with Gasteiger partial charge in [0.25, 0.3) is 5.91 Å². The molecule has 0 radical (unpaired) electrons. The molecule has 2 aromatic carbocycles. The fourth-order valence-electron chi connectivity index (χ4n) is 2.52. The third-order valence-electron chi connectivity index (χ3n) is 4.02. The summed E-state index contributed by atoms with van der Waals surface area (Å²) in [7, 11) is -4.68. The van der Waals surface area contributed by atoms with E-state index in [1.165, 1.54) is 28.8 Å². The van der Waals surface area contributed by atoms with Crippen molar-refractivity contribution in [1.29, 1.82) is 0 Å². The largest absolute Gasteiger partial charge is 0.341 e. The van der Waals surface area contributed by atoms with E-state index >= 15 is 0 Å². The second-order valence-electron chi connectivity index (χ2n) is 5.82. The molecule has 27 heavy (non-hydrogen) atoms. The summed E-state index contributed by atoms with van der Waals surface area (Å²) in [6.07, 6.45) is 0. The third kappa shape index (κ3) is 4.03. The second kappa shape index (κ2) is 7.77. The fraction of sp³-hybridized carbons (Fsp3) is 0.222. The van der Waals surface area contributed by atoms with Gasteiger partial charge in [-0.3, -0.25) is 9.69 Å². The Kier molecular flexibility index (Phi) is 5.61. The number of amides is 1. The topological polar surface area (TPSA) is 66.8 Å². The van der Waals surface area contributed by atoms with Gasteiger partial charge in [-0.15, -0.1) is 0 Å². The van der Waals surface area contributed by atoms with Gasteiger partial charge in [-0.2, -0.15) is 8.78 Å². The van der Waals surface area contributed by atoms with E-state index in [0.29, 0.717) is 17.5 Å². The minimum absolute atomic E-state index is 0.211. The first-order valence-electron chi connectivity index (χ1n) is 8.02. The summed E-state index contributed by atoms with van der Waals surface area (Å²) >= 11 is 1.45. The Morgan fingerprint density at radius 1 is 1.15 bits per heavy atom. The van der Waals surface area contributed by atoms with Crippen LogP contribution < -0.4 is 0 Å². The van der Waals surface area contributed by atoms with Crippen molar-refractivity contribution in [2.24, 2.45) is 4.99 Å². The molecule has 0 aromatic heterocycles. The molecule has 3 rings (SSSR count). The minimum atomic E-state index is -4.68. The van der Waals surface area contributed by atoms with Gasteiger partial charge in [-0.25, -0.2) is 13.4 Å². The molecular weight excluding hydrogens is 394 g/mol. The monoisotopic (exact) mass is 410 g/mol. The maximum Gasteiger partial charge on any atom is 0.341 e. The summed E-state index contributed by atoms with van der Waals surface area (Å²) in [6, 6.07) is 12.1. The summed E-state index contributed by atoms with van der Waals surface area (Å²) in [5.74, 6) is -3.16. The predicted octanol–water partition coefficient (Wildman–Crippen LogP) is 3.87. The van der Waals surface area contributed by atoms with E-state index in [-0.39, 0.29) is 11.5 Å². The van der Waals surface area contributed by atoms with Crippen LogP contribution in [0.15, 0.2) is 58.4 Å². The zero-order valence-corrected chi connectivity index (χ0v) is 15.9. The van der Waals surface area contributed by atoms with Crippen LogP contribution in [0.2, 0.25) is 0 Å². The molecule has 1 aliphatic heterocycles. The lowest BCUT2D eigenvalue weighted by Gasteiger charge is -2.16. The zero-order chi connectivity index (χ0) is 19.6. The molecule has 1 heterocycles. The van der Waals surface area contributed by atoms with Crippen molar-refractivity contribution in [1.82, 2.24) is 4.90 Å². The first-order valence-corrected chi connectivity index (χ1v) is 10.5. The van der Waals surface area contributed by atoms with E-state index in [2.05, 4.69) is 4.99 Å². The van der Waals surface area contributed by atoms with E-state index in [0.717, 1.165) is 23.4 Å². The number of hydrogen-bond donors (Lipinski definition) is 0. The number of benzene rings is 2. The van der Waals surface area contributed by atoms with Gasteiger partial charge in [-0.1, -0.05) is 30.0 Å². The Hall–Kier alpha value is -2.26. The number of nitrogens with zero attached hydrogens (tertiary/aromatic N) is 2. The molecule has 0 spiro atoms. The maximum atomic E-state index is 12.8. The molecule has 0 unspecified atom stereocenters. The number of halogens is 2. The molecule has 0 aliphatic carbocycles. The van der Waals surface area contributed by atoms with Crippen molar-refractivity contribution in [3.63, 3.8) is 0 Å². The predicted molar refractivity (Wildman–Crippen MR) is 101 cm³/mol. The van der Waals surface area contributed by atoms with Crippen LogP contribution in [0.5, 0.6) is 0 Å². The Labute approximate surface area is 160 Å². The fourth-order valence-corrected chi connectivity index (χ4v) is 4.19. The molecule has 2 aromatic rings. The smallest absolute Gasteiger partial charge is 0.286 e. The summed E-state index contributed by atoms with van der Waals surface area (Å²) in [5.41, 5.74) is 1.95. The first-order chi connectivity index (χ1) is 12.8. The third-order valence-corrected chi connectivity index (χ3v) is 6.37. The quantitative estimate of drug-likeness (QED) is 0.768. The molecule has 0 bridgehead atoms. The Bertz CT molecular complexity index is 990. The lowest BCUT2D eigenvalue weighted by Crippen LogP contribution is -2.31. The zero-order valence-electron chi connectivity index (χ0n) is 14.3. The van der Waals surface area contributed by atoms with Gasteiger partial charge in [0, 0.05) is 17.9 Å². The molecule has 5 nitrogen and oxygen atoms in total. The van der Waals surface area contributed by atoms with Crippen LogP contribution >= 0.6 is 11.8 Å². The lowest BCUT2D eigenvalue weighted by molar-refractivity contribution is 0.0859. The number of sulfone groups is 1. The molecule has 1 saturated heterocycles. The SMILES string of the molecule is Cc1ccccc1N=C1SCCN1C(=O)c1ccc(S(=O)(=O)C(F)F)cc1. The summed E-state index contributed by atoms with van der Waals surface area (Å²) < 4.78 is 48.2. The number of hydrogen-bond acceptors (Lipinski definition) is 5. The molecule has 0 saturated carbocycles. The minimum Gasteiger partial charge on any atom is -0.286 e. The number of aliphatic imine (C=N–C) groups is 1. The number of carbonyl (C=O) groups is 1. The summed E-state index contributed by atoms with van der Waals surface area (Å²) in [6.45, 7) is 2.39. The van der Waals surface area contributed by atoms with Crippen LogP contribution in [-0.4, -0.2) is 42.4 Å². The number of aryl methyl sites for hydroxylation is 1. The molecule has 0 N–H and O–H groups in total. The number of rotatable bonds is 4. The number of amidine groups is 1. The van der Waals surface area contributed by atoms with E-state index in [1.807, 2.05) is 31.2 Å². The van der Waals surface area contributed by atoms with E-state index < -0.39 is 20.5 Å². The van der Waals surface area contributed by atoms with Crippen molar-refractivity contribution in [3.05, 3.63) is 59.7 Å². The van der Waals surface area contributed by atoms with Gasteiger partial charge >= 0.3 is 5.76 Å². The molecule has 9 heteroatoms. The number of para-hydroxylation sites is 1. The average Bonchev–Trinajstić information content (AvgIpc) is 3.11. The van der Waals surface area contributed by atoms with Crippen LogP contribution in [0.4, 0.5) is 14.5 Å². The van der Waals surface area contributed by atoms with E-state index in [4.69, 9.17) is 0 Å². The molecule has 0 atom stereocenters. The number of carbonyl (C=O) groups excluding carboxylic acids is 1. The maximum absolute atomic E-state index is 12.8. The molecule has 1 fully saturated rings. The van der Waals surface area contributed by atoms with Crippen molar-refractivity contribution < 1.29 is 22.0 Å². The van der Waals surface area contributed by atoms with Crippen molar-refractivity contribution in [2.45, 2.75) is 17.6 Å². The first kappa shape index (κ1) is 19.5. The van der Waals surface area contributed by atoms with Gasteiger partial charge in [0.05, 0.1) is 10.6 Å². The Morgan fingerprint density at radius 3 is 2.44 bits per heavy atom. The second-order valence-corrected chi connectivity index (χ2v) is 8.80. The molecular formula is C18H16F2N2O3S2. The summed E-state index contributed by atoms with van der Waals surface area (Å²) in [5, 5.41) is 0.554. The van der Waals surface area contributed by atoms with Crippen LogP contribution in [0.1, 0.15) is 15.9 Å². The molecule has 142 valence electrons. The Balaban J connectivity index is 1.86. The molecule has 1 amide bonds. The highest BCUT2D eigenvalue weighted by atomic mass is 32.2. The normalized spacial score (nSPS) is 16.3.